The molecule has 3 rings (SSSR count). The van der Waals surface area contributed by atoms with Gasteiger partial charge in [-0.25, -0.2) is 0 Å². The van der Waals surface area contributed by atoms with Gasteiger partial charge in [0.25, 0.3) is 0 Å². The normalized spacial score (nSPS) is 14.3. The zero-order valence-corrected chi connectivity index (χ0v) is 11.1. The number of benzene rings is 1. The Bertz CT molecular complexity index is 589. The molecule has 0 spiro atoms. The highest BCUT2D eigenvalue weighted by Gasteiger charge is 2.27. The first kappa shape index (κ1) is 12.1. The molecule has 0 unspecified atom stereocenters. The largest absolute Gasteiger partial charge is 0.366 e. The lowest BCUT2D eigenvalue weighted by Crippen LogP contribution is -2.10. The lowest BCUT2D eigenvalue weighted by atomic mass is 10.1. The lowest BCUT2D eigenvalue weighted by molar-refractivity contribution is 0.100. The highest BCUT2D eigenvalue weighted by atomic mass is 32.1. The Morgan fingerprint density at radius 2 is 2.05 bits per heavy atom. The molecule has 98 valence electrons. The van der Waals surface area contributed by atoms with Crippen molar-refractivity contribution >= 4 is 22.4 Å². The molecule has 1 saturated carbocycles. The predicted molar refractivity (Wildman–Crippen MR) is 74.2 cm³/mol. The number of carbonyl (C=O) groups excluding carboxylic acids is 1. The molecule has 1 amide bonds. The summed E-state index contributed by atoms with van der Waals surface area (Å²) in [5.74, 6) is 0.237. The van der Waals surface area contributed by atoms with Crippen molar-refractivity contribution in [3.05, 3.63) is 40.4 Å². The molecule has 1 aliphatic carbocycles. The van der Waals surface area contributed by atoms with Crippen LogP contribution in [0.3, 0.4) is 0 Å². The fourth-order valence-corrected chi connectivity index (χ4v) is 2.67. The zero-order valence-electron chi connectivity index (χ0n) is 10.3. The molecule has 1 fully saturated rings. The average molecular weight is 274 g/mol. The summed E-state index contributed by atoms with van der Waals surface area (Å²) in [6.45, 7) is 0.665. The van der Waals surface area contributed by atoms with Crippen molar-refractivity contribution < 1.29 is 4.79 Å². The van der Waals surface area contributed by atoms with E-state index >= 15 is 0 Å². The van der Waals surface area contributed by atoms with E-state index in [-0.39, 0.29) is 0 Å². The van der Waals surface area contributed by atoms with Gasteiger partial charge in [0.05, 0.1) is 0 Å². The van der Waals surface area contributed by atoms with Gasteiger partial charge in [-0.15, -0.1) is 10.2 Å². The summed E-state index contributed by atoms with van der Waals surface area (Å²) in [4.78, 5) is 11.0. The van der Waals surface area contributed by atoms with Crippen LogP contribution in [0.15, 0.2) is 24.3 Å². The first-order valence-corrected chi connectivity index (χ1v) is 7.00. The number of hydrogen-bond donors (Lipinski definition) is 2. The van der Waals surface area contributed by atoms with Gasteiger partial charge >= 0.3 is 0 Å². The number of carbonyl (C=O) groups is 1. The Labute approximate surface area is 114 Å². The highest BCUT2D eigenvalue weighted by molar-refractivity contribution is 7.15. The Kier molecular flexibility index (Phi) is 3.16. The zero-order chi connectivity index (χ0) is 13.2. The third-order valence-corrected chi connectivity index (χ3v) is 4.09. The van der Waals surface area contributed by atoms with Crippen molar-refractivity contribution in [1.29, 1.82) is 0 Å². The van der Waals surface area contributed by atoms with E-state index in [1.54, 1.807) is 23.5 Å². The molecule has 3 N–H and O–H groups in total. The first-order chi connectivity index (χ1) is 9.22. The van der Waals surface area contributed by atoms with E-state index in [1.165, 1.54) is 12.8 Å². The molecule has 1 aromatic heterocycles. The van der Waals surface area contributed by atoms with Crippen LogP contribution in [0.2, 0.25) is 0 Å². The van der Waals surface area contributed by atoms with Crippen molar-refractivity contribution in [2.45, 2.75) is 25.3 Å². The third-order valence-electron chi connectivity index (χ3n) is 3.05. The number of nitrogens with zero attached hydrogens (tertiary/aromatic N) is 2. The Hall–Kier alpha value is -1.95. The molecule has 19 heavy (non-hydrogen) atoms. The second-order valence-electron chi connectivity index (χ2n) is 4.63. The van der Waals surface area contributed by atoms with Crippen LogP contribution in [0.4, 0.5) is 5.13 Å². The summed E-state index contributed by atoms with van der Waals surface area (Å²) in [5.41, 5.74) is 6.80. The van der Waals surface area contributed by atoms with E-state index in [1.807, 2.05) is 12.1 Å². The lowest BCUT2D eigenvalue weighted by Gasteiger charge is -2.03. The number of hydrogen-bond acceptors (Lipinski definition) is 5. The summed E-state index contributed by atoms with van der Waals surface area (Å²) < 4.78 is 0. The smallest absolute Gasteiger partial charge is 0.248 e. The number of nitrogens with one attached hydrogen (secondary N) is 1. The molecule has 0 radical (unpaired) electrons. The number of primary amides is 1. The van der Waals surface area contributed by atoms with E-state index in [2.05, 4.69) is 15.5 Å². The fraction of sp³-hybridized carbons (Fsp3) is 0.308. The van der Waals surface area contributed by atoms with Crippen LogP contribution < -0.4 is 11.1 Å². The average Bonchev–Trinajstić information content (AvgIpc) is 3.16. The minimum Gasteiger partial charge on any atom is -0.366 e. The van der Waals surface area contributed by atoms with Gasteiger partial charge in [-0.1, -0.05) is 23.5 Å². The third kappa shape index (κ3) is 2.90. The van der Waals surface area contributed by atoms with Crippen LogP contribution in [0.25, 0.3) is 0 Å². The van der Waals surface area contributed by atoms with E-state index in [0.717, 1.165) is 15.7 Å². The molecule has 0 atom stereocenters. The van der Waals surface area contributed by atoms with Crippen molar-refractivity contribution in [2.75, 3.05) is 5.32 Å². The van der Waals surface area contributed by atoms with Crippen LogP contribution in [0, 0.1) is 0 Å². The van der Waals surface area contributed by atoms with E-state index < -0.39 is 5.91 Å². The molecule has 0 aliphatic heterocycles. The minimum absolute atomic E-state index is 0.405. The molecule has 5 nitrogen and oxygen atoms in total. The molecule has 1 heterocycles. The van der Waals surface area contributed by atoms with Gasteiger partial charge in [-0.05, 0) is 30.5 Å². The van der Waals surface area contributed by atoms with Gasteiger partial charge in [0.1, 0.15) is 5.01 Å². The molecule has 2 aromatic rings. The van der Waals surface area contributed by atoms with Gasteiger partial charge in [-0.2, -0.15) is 0 Å². The monoisotopic (exact) mass is 274 g/mol. The quantitative estimate of drug-likeness (QED) is 0.875. The maximum absolute atomic E-state index is 11.0. The second-order valence-corrected chi connectivity index (χ2v) is 5.64. The van der Waals surface area contributed by atoms with Crippen molar-refractivity contribution in [3.63, 3.8) is 0 Å². The first-order valence-electron chi connectivity index (χ1n) is 6.18. The number of amides is 1. The van der Waals surface area contributed by atoms with Gasteiger partial charge in [-0.3, -0.25) is 4.79 Å². The minimum atomic E-state index is -0.405. The van der Waals surface area contributed by atoms with Crippen LogP contribution >= 0.6 is 11.3 Å². The molecule has 0 saturated heterocycles. The van der Waals surface area contributed by atoms with E-state index in [0.29, 0.717) is 18.0 Å². The van der Waals surface area contributed by atoms with Crippen molar-refractivity contribution in [2.24, 2.45) is 5.73 Å². The number of rotatable bonds is 5. The topological polar surface area (TPSA) is 80.9 Å². The molecule has 1 aliphatic rings. The van der Waals surface area contributed by atoms with Gasteiger partial charge < -0.3 is 11.1 Å². The van der Waals surface area contributed by atoms with E-state index in [9.17, 15) is 4.79 Å². The van der Waals surface area contributed by atoms with Crippen molar-refractivity contribution in [1.82, 2.24) is 10.2 Å². The van der Waals surface area contributed by atoms with Crippen LogP contribution in [0.1, 0.15) is 39.7 Å². The maximum atomic E-state index is 11.0. The Balaban J connectivity index is 1.59. The second kappa shape index (κ2) is 4.97. The van der Waals surface area contributed by atoms with Gasteiger partial charge in [0.15, 0.2) is 0 Å². The van der Waals surface area contributed by atoms with Crippen LogP contribution in [-0.2, 0) is 6.54 Å². The summed E-state index contributed by atoms with van der Waals surface area (Å²) in [6, 6.07) is 7.23. The fourth-order valence-electron chi connectivity index (χ4n) is 1.77. The Morgan fingerprint density at radius 1 is 1.32 bits per heavy atom. The molecule has 6 heteroatoms. The van der Waals surface area contributed by atoms with E-state index in [4.69, 9.17) is 5.73 Å². The Morgan fingerprint density at radius 3 is 2.68 bits per heavy atom. The molecular weight excluding hydrogens is 260 g/mol. The predicted octanol–water partition coefficient (Wildman–Crippen LogP) is 2.13. The van der Waals surface area contributed by atoms with Gasteiger partial charge in [0, 0.05) is 18.0 Å². The summed E-state index contributed by atoms with van der Waals surface area (Å²) in [6.07, 6.45) is 2.48. The number of anilines is 1. The summed E-state index contributed by atoms with van der Waals surface area (Å²) in [5, 5.41) is 13.5. The molecular formula is C13H14N4OS. The number of nitrogens with two attached hydrogens (primary N) is 1. The summed E-state index contributed by atoms with van der Waals surface area (Å²) >= 11 is 1.62. The SMILES string of the molecule is NC(=O)c1ccc(CNc2nnc(C3CC3)s2)cc1. The van der Waals surface area contributed by atoms with Crippen LogP contribution in [-0.4, -0.2) is 16.1 Å². The highest BCUT2D eigenvalue weighted by Crippen LogP contribution is 2.42. The molecule has 1 aromatic carbocycles. The maximum Gasteiger partial charge on any atom is 0.248 e. The molecule has 0 bridgehead atoms. The van der Waals surface area contributed by atoms with Crippen molar-refractivity contribution in [3.8, 4) is 0 Å². The van der Waals surface area contributed by atoms with Gasteiger partial charge in [0.2, 0.25) is 11.0 Å². The standard InChI is InChI=1S/C13H14N4OS/c14-11(18)9-3-1-8(2-4-9)7-15-13-17-16-12(19-13)10-5-6-10/h1-4,10H,5-7H2,(H2,14,18)(H,15,17). The number of aromatic nitrogens is 2. The van der Waals surface area contributed by atoms with Crippen LogP contribution in [0.5, 0.6) is 0 Å². The summed E-state index contributed by atoms with van der Waals surface area (Å²) in [7, 11) is 0.